The van der Waals surface area contributed by atoms with Crippen LogP contribution in [0.4, 0.5) is 13.2 Å². The van der Waals surface area contributed by atoms with Crippen molar-refractivity contribution in [3.8, 4) is 0 Å². The number of hydrazone groups is 1. The maximum absolute atomic E-state index is 12.5. The van der Waals surface area contributed by atoms with E-state index in [2.05, 4.69) is 25.5 Å². The summed E-state index contributed by atoms with van der Waals surface area (Å²) in [4.78, 5) is 20.7. The number of hydrogen-bond acceptors (Lipinski definition) is 3. The molecule has 21 heavy (non-hydrogen) atoms. The first-order chi connectivity index (χ1) is 9.95. The fourth-order valence-corrected chi connectivity index (χ4v) is 1.86. The van der Waals surface area contributed by atoms with Gasteiger partial charge in [0.1, 0.15) is 11.4 Å². The fourth-order valence-electron chi connectivity index (χ4n) is 1.86. The largest absolute Gasteiger partial charge is 0.431 e. The van der Waals surface area contributed by atoms with Crippen molar-refractivity contribution in [3.05, 3.63) is 47.3 Å². The maximum atomic E-state index is 12.5. The molecule has 108 valence electrons. The number of carbonyl (C=O) groups excluding carboxylic acids is 1. The van der Waals surface area contributed by atoms with Crippen molar-refractivity contribution >= 4 is 17.7 Å². The zero-order valence-corrected chi connectivity index (χ0v) is 10.3. The van der Waals surface area contributed by atoms with Crippen LogP contribution in [0.15, 0.2) is 35.2 Å². The number of halogens is 3. The van der Waals surface area contributed by atoms with Crippen LogP contribution in [-0.2, 0) is 11.0 Å². The van der Waals surface area contributed by atoms with Gasteiger partial charge in [0, 0.05) is 18.1 Å². The zero-order chi connectivity index (χ0) is 15.0. The Morgan fingerprint density at radius 2 is 2.05 bits per heavy atom. The molecule has 1 aliphatic heterocycles. The van der Waals surface area contributed by atoms with Crippen molar-refractivity contribution < 1.29 is 18.0 Å². The second kappa shape index (κ2) is 4.62. The van der Waals surface area contributed by atoms with E-state index in [0.29, 0.717) is 5.82 Å². The molecule has 1 amide bonds. The Labute approximate surface area is 115 Å². The number of imidazole rings is 1. The van der Waals surface area contributed by atoms with E-state index in [4.69, 9.17) is 0 Å². The summed E-state index contributed by atoms with van der Waals surface area (Å²) in [6, 6.07) is 2.14. The second-order valence-corrected chi connectivity index (χ2v) is 4.22. The van der Waals surface area contributed by atoms with E-state index in [1.807, 2.05) is 0 Å². The zero-order valence-electron chi connectivity index (χ0n) is 10.3. The van der Waals surface area contributed by atoms with Crippen LogP contribution in [-0.4, -0.2) is 26.6 Å². The first-order valence-corrected chi connectivity index (χ1v) is 5.81. The Kier molecular flexibility index (Phi) is 2.89. The minimum absolute atomic E-state index is 0.125. The van der Waals surface area contributed by atoms with Gasteiger partial charge in [-0.15, -0.1) is 0 Å². The Morgan fingerprint density at radius 3 is 2.67 bits per heavy atom. The lowest BCUT2D eigenvalue weighted by Gasteiger charge is -2.02. The molecule has 1 aliphatic rings. The molecular weight excluding hydrogens is 287 g/mol. The monoisotopic (exact) mass is 295 g/mol. The second-order valence-electron chi connectivity index (χ2n) is 4.22. The number of hydrogen-bond donors (Lipinski definition) is 3. The maximum Gasteiger partial charge on any atom is 0.431 e. The molecule has 0 radical (unpaired) electrons. The number of amides is 1. The van der Waals surface area contributed by atoms with Crippen molar-refractivity contribution in [1.82, 2.24) is 20.4 Å². The summed E-state index contributed by atoms with van der Waals surface area (Å²) < 4.78 is 37.6. The van der Waals surface area contributed by atoms with Crippen molar-refractivity contribution in [1.29, 1.82) is 0 Å². The van der Waals surface area contributed by atoms with Crippen LogP contribution in [0.5, 0.6) is 0 Å². The summed E-state index contributed by atoms with van der Waals surface area (Å²) in [6.45, 7) is 0. The molecule has 3 N–H and O–H groups in total. The third kappa shape index (κ3) is 2.45. The number of nitrogens with one attached hydrogen (secondary N) is 3. The van der Waals surface area contributed by atoms with Gasteiger partial charge in [0.25, 0.3) is 5.91 Å². The highest BCUT2D eigenvalue weighted by Gasteiger charge is 2.32. The Bertz CT molecular complexity index is 739. The van der Waals surface area contributed by atoms with E-state index < -0.39 is 17.8 Å². The average molecular weight is 295 g/mol. The molecule has 0 atom stereocenters. The summed E-state index contributed by atoms with van der Waals surface area (Å²) in [5.41, 5.74) is 1.88. The Morgan fingerprint density at radius 1 is 1.24 bits per heavy atom. The molecule has 0 saturated heterocycles. The number of aromatic nitrogens is 3. The molecule has 0 aliphatic carbocycles. The summed E-state index contributed by atoms with van der Waals surface area (Å²) in [5.74, 6) is -0.160. The molecule has 9 heteroatoms. The highest BCUT2D eigenvalue weighted by Crippen LogP contribution is 2.28. The van der Waals surface area contributed by atoms with E-state index >= 15 is 0 Å². The summed E-state index contributed by atoms with van der Waals surface area (Å²) >= 11 is 0. The normalized spacial score (nSPS) is 17.2. The number of alkyl halides is 3. The predicted octanol–water partition coefficient (Wildman–Crippen LogP) is 1.67. The highest BCUT2D eigenvalue weighted by atomic mass is 19.4. The first-order valence-electron chi connectivity index (χ1n) is 5.81. The standard InChI is InChI=1S/C12H8F3N5O/c13-12(14,15)8-2-1-6(18-8)5-7-9(19-20-11(7)21)10-16-3-4-17-10/h1-5,18H,(H,16,17)(H,20,21). The third-order valence-corrected chi connectivity index (χ3v) is 2.81. The smallest absolute Gasteiger partial charge is 0.351 e. The van der Waals surface area contributed by atoms with E-state index in [-0.39, 0.29) is 17.0 Å². The Balaban J connectivity index is 1.96. The quantitative estimate of drug-likeness (QED) is 0.736. The van der Waals surface area contributed by atoms with Crippen LogP contribution < -0.4 is 5.43 Å². The van der Waals surface area contributed by atoms with Gasteiger partial charge in [0.2, 0.25) is 0 Å². The van der Waals surface area contributed by atoms with Crippen LogP contribution in [0.25, 0.3) is 6.08 Å². The third-order valence-electron chi connectivity index (χ3n) is 2.81. The lowest BCUT2D eigenvalue weighted by molar-refractivity contribution is -0.140. The average Bonchev–Trinajstić information content (AvgIpc) is 3.11. The summed E-state index contributed by atoms with van der Waals surface area (Å²) in [5, 5.41) is 3.81. The molecule has 0 bridgehead atoms. The van der Waals surface area contributed by atoms with Crippen LogP contribution in [0.1, 0.15) is 17.2 Å². The number of H-pyrrole nitrogens is 2. The van der Waals surface area contributed by atoms with Crippen LogP contribution in [0, 0.1) is 0 Å². The lowest BCUT2D eigenvalue weighted by atomic mass is 10.1. The number of rotatable bonds is 2. The summed E-state index contributed by atoms with van der Waals surface area (Å²) in [6.07, 6.45) is -0.144. The number of aromatic amines is 2. The molecule has 0 spiro atoms. The van der Waals surface area contributed by atoms with Gasteiger partial charge < -0.3 is 9.97 Å². The van der Waals surface area contributed by atoms with Gasteiger partial charge in [-0.3, -0.25) is 4.79 Å². The molecule has 0 aromatic carbocycles. The molecule has 2 aromatic heterocycles. The van der Waals surface area contributed by atoms with Crippen LogP contribution >= 0.6 is 0 Å². The van der Waals surface area contributed by atoms with E-state index in [1.54, 1.807) is 6.20 Å². The topological polar surface area (TPSA) is 85.9 Å². The van der Waals surface area contributed by atoms with Crippen molar-refractivity contribution in [2.45, 2.75) is 6.18 Å². The molecule has 0 unspecified atom stereocenters. The van der Waals surface area contributed by atoms with Gasteiger partial charge in [-0.25, -0.2) is 10.4 Å². The van der Waals surface area contributed by atoms with E-state index in [0.717, 1.165) is 6.07 Å². The van der Waals surface area contributed by atoms with E-state index in [1.165, 1.54) is 18.3 Å². The van der Waals surface area contributed by atoms with Gasteiger partial charge in [-0.2, -0.15) is 18.3 Å². The lowest BCUT2D eigenvalue weighted by Crippen LogP contribution is -2.14. The Hall–Kier alpha value is -2.84. The van der Waals surface area contributed by atoms with Gasteiger partial charge >= 0.3 is 6.18 Å². The van der Waals surface area contributed by atoms with Gasteiger partial charge in [-0.1, -0.05) is 0 Å². The number of nitrogens with zero attached hydrogens (tertiary/aromatic N) is 2. The van der Waals surface area contributed by atoms with Gasteiger partial charge in [0.15, 0.2) is 5.82 Å². The number of carbonyl (C=O) groups is 1. The van der Waals surface area contributed by atoms with Crippen molar-refractivity contribution in [2.24, 2.45) is 5.10 Å². The van der Waals surface area contributed by atoms with Crippen LogP contribution in [0.3, 0.4) is 0 Å². The minimum atomic E-state index is -4.47. The van der Waals surface area contributed by atoms with Gasteiger partial charge in [-0.05, 0) is 18.2 Å². The fraction of sp³-hybridized carbons (Fsp3) is 0.0833. The molecule has 2 aromatic rings. The first kappa shape index (κ1) is 13.2. The van der Waals surface area contributed by atoms with Crippen molar-refractivity contribution in [3.63, 3.8) is 0 Å². The highest BCUT2D eigenvalue weighted by molar-refractivity contribution is 6.32. The van der Waals surface area contributed by atoms with Crippen LogP contribution in [0.2, 0.25) is 0 Å². The molecule has 3 heterocycles. The molecule has 0 fully saturated rings. The summed E-state index contributed by atoms with van der Waals surface area (Å²) in [7, 11) is 0. The molecule has 3 rings (SSSR count). The molecular formula is C12H8F3N5O. The SMILES string of the molecule is O=C1NN=C(c2ncc[nH]2)C1=Cc1ccc(C(F)(F)F)[nH]1. The molecule has 0 saturated carbocycles. The molecule has 6 nitrogen and oxygen atoms in total. The van der Waals surface area contributed by atoms with E-state index in [9.17, 15) is 18.0 Å². The van der Waals surface area contributed by atoms with Gasteiger partial charge in [0.05, 0.1) is 5.57 Å². The minimum Gasteiger partial charge on any atom is -0.351 e. The van der Waals surface area contributed by atoms with Crippen molar-refractivity contribution in [2.75, 3.05) is 0 Å². The predicted molar refractivity (Wildman–Crippen MR) is 67.0 cm³/mol.